The molecule has 0 spiro atoms. The SMILES string of the molecule is O=C(O)c1ccccc1NCl. The van der Waals surface area contributed by atoms with E-state index in [1.54, 1.807) is 18.2 Å². The number of halogens is 1. The van der Waals surface area contributed by atoms with Crippen LogP contribution in [0.25, 0.3) is 0 Å². The molecule has 0 saturated heterocycles. The summed E-state index contributed by atoms with van der Waals surface area (Å²) in [5.74, 6) is -0.992. The number of anilines is 1. The molecule has 4 heteroatoms. The van der Waals surface area contributed by atoms with Gasteiger partial charge in [0, 0.05) is 11.8 Å². The van der Waals surface area contributed by atoms with Crippen molar-refractivity contribution in [1.82, 2.24) is 0 Å². The molecule has 2 N–H and O–H groups in total. The van der Waals surface area contributed by atoms with E-state index in [9.17, 15) is 4.79 Å². The number of hydrogen-bond acceptors (Lipinski definition) is 2. The lowest BCUT2D eigenvalue weighted by molar-refractivity contribution is 0.0698. The minimum atomic E-state index is -0.992. The summed E-state index contributed by atoms with van der Waals surface area (Å²) >= 11 is 5.26. The third-order valence-electron chi connectivity index (χ3n) is 1.26. The average molecular weight is 172 g/mol. The van der Waals surface area contributed by atoms with Crippen LogP contribution in [-0.4, -0.2) is 11.1 Å². The van der Waals surface area contributed by atoms with Gasteiger partial charge in [0.05, 0.1) is 11.3 Å². The van der Waals surface area contributed by atoms with Gasteiger partial charge in [-0.05, 0) is 12.1 Å². The molecule has 0 aliphatic carbocycles. The smallest absolute Gasteiger partial charge is 0.337 e. The van der Waals surface area contributed by atoms with Crippen LogP contribution in [0.2, 0.25) is 0 Å². The number of hydrogen-bond donors (Lipinski definition) is 2. The molecule has 0 aliphatic rings. The van der Waals surface area contributed by atoms with Crippen molar-refractivity contribution in [2.45, 2.75) is 0 Å². The minimum Gasteiger partial charge on any atom is -0.478 e. The first-order valence-corrected chi connectivity index (χ1v) is 3.32. The van der Waals surface area contributed by atoms with Crippen LogP contribution < -0.4 is 4.84 Å². The Labute approximate surface area is 68.7 Å². The maximum absolute atomic E-state index is 10.5. The van der Waals surface area contributed by atoms with Crippen LogP contribution in [0.1, 0.15) is 10.4 Å². The maximum atomic E-state index is 10.5. The summed E-state index contributed by atoms with van der Waals surface area (Å²) in [6.45, 7) is 0. The highest BCUT2D eigenvalue weighted by Gasteiger charge is 2.06. The molecule has 0 aliphatic heterocycles. The predicted molar refractivity (Wildman–Crippen MR) is 42.9 cm³/mol. The Bertz CT molecular complexity index is 275. The fourth-order valence-corrected chi connectivity index (χ4v) is 0.917. The highest BCUT2D eigenvalue weighted by molar-refractivity contribution is 6.25. The highest BCUT2D eigenvalue weighted by Crippen LogP contribution is 2.14. The van der Waals surface area contributed by atoms with Crippen molar-refractivity contribution >= 4 is 23.4 Å². The Hall–Kier alpha value is -1.22. The molecule has 0 aromatic heterocycles. The van der Waals surface area contributed by atoms with Gasteiger partial charge in [0.25, 0.3) is 0 Å². The molecule has 0 bridgehead atoms. The fourth-order valence-electron chi connectivity index (χ4n) is 0.752. The summed E-state index contributed by atoms with van der Waals surface area (Å²) in [6.07, 6.45) is 0. The first-order valence-electron chi connectivity index (χ1n) is 2.94. The lowest BCUT2D eigenvalue weighted by Gasteiger charge is -2.00. The first-order chi connectivity index (χ1) is 5.25. The number of rotatable bonds is 2. The molecule has 1 aromatic rings. The molecular weight excluding hydrogens is 166 g/mol. The topological polar surface area (TPSA) is 49.3 Å². The van der Waals surface area contributed by atoms with Gasteiger partial charge in [-0.3, -0.25) is 4.84 Å². The molecule has 0 heterocycles. The van der Waals surface area contributed by atoms with Crippen molar-refractivity contribution in [3.8, 4) is 0 Å². The molecule has 1 aromatic carbocycles. The van der Waals surface area contributed by atoms with Crippen molar-refractivity contribution in [2.75, 3.05) is 4.84 Å². The molecule has 0 fully saturated rings. The second-order valence-electron chi connectivity index (χ2n) is 1.95. The summed E-state index contributed by atoms with van der Waals surface area (Å²) in [5, 5.41) is 8.60. The number of aromatic carboxylic acids is 1. The van der Waals surface area contributed by atoms with Crippen LogP contribution in [-0.2, 0) is 0 Å². The van der Waals surface area contributed by atoms with Gasteiger partial charge in [-0.15, -0.1) is 0 Å². The van der Waals surface area contributed by atoms with Crippen LogP contribution in [0.4, 0.5) is 5.69 Å². The van der Waals surface area contributed by atoms with E-state index in [4.69, 9.17) is 16.9 Å². The lowest BCUT2D eigenvalue weighted by Crippen LogP contribution is -1.99. The second kappa shape index (κ2) is 3.25. The second-order valence-corrected chi connectivity index (χ2v) is 2.13. The van der Waals surface area contributed by atoms with Crippen molar-refractivity contribution in [3.05, 3.63) is 29.8 Å². The van der Waals surface area contributed by atoms with Crippen molar-refractivity contribution in [1.29, 1.82) is 0 Å². The Balaban J connectivity index is 3.12. The van der Waals surface area contributed by atoms with Gasteiger partial charge in [0.1, 0.15) is 0 Å². The Morgan fingerprint density at radius 1 is 1.45 bits per heavy atom. The van der Waals surface area contributed by atoms with E-state index in [1.165, 1.54) is 6.07 Å². The van der Waals surface area contributed by atoms with E-state index in [0.29, 0.717) is 5.69 Å². The zero-order valence-corrected chi connectivity index (χ0v) is 6.30. The maximum Gasteiger partial charge on any atom is 0.337 e. The van der Waals surface area contributed by atoms with Crippen LogP contribution in [0.5, 0.6) is 0 Å². The third kappa shape index (κ3) is 1.62. The molecule has 11 heavy (non-hydrogen) atoms. The summed E-state index contributed by atoms with van der Waals surface area (Å²) in [4.78, 5) is 12.8. The van der Waals surface area contributed by atoms with E-state index in [0.717, 1.165) is 0 Å². The van der Waals surface area contributed by atoms with Gasteiger partial charge < -0.3 is 5.11 Å². The zero-order chi connectivity index (χ0) is 8.27. The van der Waals surface area contributed by atoms with E-state index in [1.807, 2.05) is 0 Å². The van der Waals surface area contributed by atoms with Gasteiger partial charge in [0.15, 0.2) is 0 Å². The van der Waals surface area contributed by atoms with Gasteiger partial charge in [-0.2, -0.15) is 0 Å². The van der Waals surface area contributed by atoms with Crippen molar-refractivity contribution < 1.29 is 9.90 Å². The standard InChI is InChI=1S/C7H6ClNO2/c8-9-6-4-2-1-3-5(6)7(10)11/h1-4,9H,(H,10,11). The number of nitrogens with one attached hydrogen (secondary N) is 1. The largest absolute Gasteiger partial charge is 0.478 e. The van der Waals surface area contributed by atoms with E-state index in [2.05, 4.69) is 4.84 Å². The normalized spacial score (nSPS) is 9.18. The van der Waals surface area contributed by atoms with Crippen molar-refractivity contribution in [2.24, 2.45) is 0 Å². The third-order valence-corrected chi connectivity index (χ3v) is 1.46. The van der Waals surface area contributed by atoms with Crippen LogP contribution in [0.15, 0.2) is 24.3 Å². The number of benzene rings is 1. The molecule has 0 atom stereocenters. The highest BCUT2D eigenvalue weighted by atomic mass is 35.5. The molecule has 0 unspecified atom stereocenters. The molecule has 0 saturated carbocycles. The van der Waals surface area contributed by atoms with Gasteiger partial charge in [-0.1, -0.05) is 12.1 Å². The monoisotopic (exact) mass is 171 g/mol. The quantitative estimate of drug-likeness (QED) is 0.669. The average Bonchev–Trinajstić information content (AvgIpc) is 2.04. The van der Waals surface area contributed by atoms with Gasteiger partial charge in [-0.25, -0.2) is 4.79 Å². The number of carbonyl (C=O) groups is 1. The molecule has 3 nitrogen and oxygen atoms in total. The van der Waals surface area contributed by atoms with Crippen molar-refractivity contribution in [3.63, 3.8) is 0 Å². The number of para-hydroxylation sites is 1. The molecule has 1 rings (SSSR count). The molecule has 0 amide bonds. The Morgan fingerprint density at radius 3 is 2.55 bits per heavy atom. The summed E-state index contributed by atoms with van der Waals surface area (Å²) < 4.78 is 0. The summed E-state index contributed by atoms with van der Waals surface area (Å²) in [7, 11) is 0. The fraction of sp³-hybridized carbons (Fsp3) is 0. The van der Waals surface area contributed by atoms with Gasteiger partial charge in [0.2, 0.25) is 0 Å². The summed E-state index contributed by atoms with van der Waals surface area (Å²) in [5.41, 5.74) is 0.573. The van der Waals surface area contributed by atoms with Gasteiger partial charge >= 0.3 is 5.97 Å². The number of carboxylic acids is 1. The van der Waals surface area contributed by atoms with E-state index >= 15 is 0 Å². The minimum absolute atomic E-state index is 0.169. The van der Waals surface area contributed by atoms with E-state index < -0.39 is 5.97 Å². The molecule has 0 radical (unpaired) electrons. The van der Waals surface area contributed by atoms with E-state index in [-0.39, 0.29) is 5.56 Å². The Morgan fingerprint density at radius 2 is 2.09 bits per heavy atom. The summed E-state index contributed by atoms with van der Waals surface area (Å²) in [6, 6.07) is 6.42. The first kappa shape index (κ1) is 7.88. The van der Waals surface area contributed by atoms with Crippen LogP contribution in [0, 0.1) is 0 Å². The predicted octanol–water partition coefficient (Wildman–Crippen LogP) is 1.95. The molecular formula is C7H6ClNO2. The number of carboxylic acid groups (broad SMARTS) is 1. The van der Waals surface area contributed by atoms with Crippen LogP contribution in [0.3, 0.4) is 0 Å². The zero-order valence-electron chi connectivity index (χ0n) is 5.54. The lowest BCUT2D eigenvalue weighted by atomic mass is 10.2. The van der Waals surface area contributed by atoms with Crippen LogP contribution >= 0.6 is 11.8 Å². The Kier molecular flexibility index (Phi) is 2.33. The molecule has 58 valence electrons.